The molecule has 4 rings (SSSR count). The lowest BCUT2D eigenvalue weighted by Gasteiger charge is -2.30. The molecule has 0 bridgehead atoms. The van der Waals surface area contributed by atoms with Crippen molar-refractivity contribution in [3.8, 4) is 17.2 Å². The van der Waals surface area contributed by atoms with Gasteiger partial charge in [0.05, 0.1) is 23.3 Å². The van der Waals surface area contributed by atoms with Crippen LogP contribution in [-0.4, -0.2) is 39.4 Å². The third-order valence-corrected chi connectivity index (χ3v) is 7.54. The summed E-state index contributed by atoms with van der Waals surface area (Å²) in [6.45, 7) is 3.41. The number of amides is 1. The number of nitrogens with one attached hydrogen (secondary N) is 1. The van der Waals surface area contributed by atoms with Crippen molar-refractivity contribution in [2.45, 2.75) is 24.7 Å². The van der Waals surface area contributed by atoms with E-state index in [9.17, 15) is 13.2 Å². The molecule has 1 aliphatic rings. The van der Waals surface area contributed by atoms with E-state index in [-0.39, 0.29) is 27.8 Å². The summed E-state index contributed by atoms with van der Waals surface area (Å²) in [5.74, 6) is 1.46. The summed E-state index contributed by atoms with van der Waals surface area (Å²) in [6.07, 6.45) is 1.82. The van der Waals surface area contributed by atoms with Crippen molar-refractivity contribution < 1.29 is 22.7 Å². The van der Waals surface area contributed by atoms with Crippen LogP contribution in [0.15, 0.2) is 71.6 Å². The lowest BCUT2D eigenvalue weighted by atomic mass is 9.98. The molecule has 0 aromatic heterocycles. The molecule has 7 nitrogen and oxygen atoms in total. The van der Waals surface area contributed by atoms with E-state index >= 15 is 0 Å². The number of hydrogen-bond acceptors (Lipinski definition) is 5. The molecule has 0 spiro atoms. The Morgan fingerprint density at radius 2 is 1.69 bits per heavy atom. The molecule has 3 aromatic rings. The van der Waals surface area contributed by atoms with Crippen molar-refractivity contribution in [3.63, 3.8) is 0 Å². The van der Waals surface area contributed by atoms with Gasteiger partial charge in [-0.15, -0.1) is 0 Å². The molecule has 9 heteroatoms. The fourth-order valence-electron chi connectivity index (χ4n) is 3.89. The number of anilines is 1. The summed E-state index contributed by atoms with van der Waals surface area (Å²) < 4.78 is 40.5. The van der Waals surface area contributed by atoms with E-state index in [1.807, 2.05) is 18.2 Å². The first-order valence-corrected chi connectivity index (χ1v) is 13.2. The summed E-state index contributed by atoms with van der Waals surface area (Å²) in [7, 11) is -2.63. The molecule has 0 atom stereocenters. The van der Waals surface area contributed by atoms with Crippen LogP contribution in [0.5, 0.6) is 17.2 Å². The Labute approximate surface area is 210 Å². The van der Waals surface area contributed by atoms with Crippen LogP contribution in [0.2, 0.25) is 5.02 Å². The van der Waals surface area contributed by atoms with Crippen LogP contribution in [0.25, 0.3) is 0 Å². The van der Waals surface area contributed by atoms with Crippen molar-refractivity contribution in [1.82, 2.24) is 4.90 Å². The van der Waals surface area contributed by atoms with E-state index in [0.717, 1.165) is 12.8 Å². The zero-order valence-corrected chi connectivity index (χ0v) is 21.1. The standard InChI is InChI=1S/C26H27ClN2O5S/c1-18-12-14-29(15-13-18)26(30)22-17-21(9-11-24(22)33-2)35(31,32)28-23-16-19(27)8-10-25(23)34-20-6-4-3-5-7-20/h3-11,16-18,28H,12-15H2,1-2H3. The molecule has 35 heavy (non-hydrogen) atoms. The summed E-state index contributed by atoms with van der Waals surface area (Å²) in [5, 5.41) is 0.341. The Bertz CT molecular complexity index is 1310. The molecule has 1 saturated heterocycles. The van der Waals surface area contributed by atoms with Crippen LogP contribution in [-0.2, 0) is 10.0 Å². The van der Waals surface area contributed by atoms with Gasteiger partial charge in [-0.25, -0.2) is 8.42 Å². The zero-order chi connectivity index (χ0) is 25.0. The largest absolute Gasteiger partial charge is 0.496 e. The second-order valence-electron chi connectivity index (χ2n) is 8.50. The fraction of sp³-hybridized carbons (Fsp3) is 0.269. The third-order valence-electron chi connectivity index (χ3n) is 5.94. The molecule has 1 amide bonds. The third kappa shape index (κ3) is 5.89. The minimum atomic E-state index is -4.08. The van der Waals surface area contributed by atoms with Crippen LogP contribution < -0.4 is 14.2 Å². The quantitative estimate of drug-likeness (QED) is 0.430. The van der Waals surface area contributed by atoms with Crippen LogP contribution in [0, 0.1) is 5.92 Å². The zero-order valence-electron chi connectivity index (χ0n) is 19.5. The SMILES string of the molecule is COc1ccc(S(=O)(=O)Nc2cc(Cl)ccc2Oc2ccccc2)cc1C(=O)N1CCC(C)CC1. The number of hydrogen-bond donors (Lipinski definition) is 1. The second kappa shape index (κ2) is 10.6. The van der Waals surface area contributed by atoms with Gasteiger partial charge < -0.3 is 14.4 Å². The second-order valence-corrected chi connectivity index (χ2v) is 10.6. The monoisotopic (exact) mass is 514 g/mol. The fourth-order valence-corrected chi connectivity index (χ4v) is 5.15. The Balaban J connectivity index is 1.64. The lowest BCUT2D eigenvalue weighted by Crippen LogP contribution is -2.38. The van der Waals surface area contributed by atoms with E-state index in [4.69, 9.17) is 21.1 Å². The van der Waals surface area contributed by atoms with Crippen LogP contribution in [0.1, 0.15) is 30.1 Å². The minimum absolute atomic E-state index is 0.0716. The van der Waals surface area contributed by atoms with Crippen molar-refractivity contribution >= 4 is 33.2 Å². The number of methoxy groups -OCH3 is 1. The molecule has 3 aromatic carbocycles. The number of nitrogens with zero attached hydrogens (tertiary/aromatic N) is 1. The van der Waals surface area contributed by atoms with Crippen molar-refractivity contribution in [2.75, 3.05) is 24.9 Å². The van der Waals surface area contributed by atoms with Crippen molar-refractivity contribution in [2.24, 2.45) is 5.92 Å². The van der Waals surface area contributed by atoms with E-state index < -0.39 is 10.0 Å². The number of benzene rings is 3. The number of para-hydroxylation sites is 1. The number of carbonyl (C=O) groups excluding carboxylic acids is 1. The maximum absolute atomic E-state index is 13.3. The van der Waals surface area contributed by atoms with Gasteiger partial charge in [0.1, 0.15) is 11.5 Å². The highest BCUT2D eigenvalue weighted by Gasteiger charge is 2.26. The molecule has 1 N–H and O–H groups in total. The number of ether oxygens (including phenoxy) is 2. The Kier molecular flexibility index (Phi) is 7.52. The highest BCUT2D eigenvalue weighted by molar-refractivity contribution is 7.92. The predicted octanol–water partition coefficient (Wildman–Crippen LogP) is 5.81. The molecular weight excluding hydrogens is 488 g/mol. The number of piperidine rings is 1. The van der Waals surface area contributed by atoms with Gasteiger partial charge in [-0.3, -0.25) is 9.52 Å². The van der Waals surface area contributed by atoms with Gasteiger partial charge in [0.25, 0.3) is 15.9 Å². The molecule has 0 radical (unpaired) electrons. The Hall–Kier alpha value is -3.23. The average Bonchev–Trinajstić information content (AvgIpc) is 2.86. The molecule has 1 heterocycles. The number of halogens is 1. The highest BCUT2D eigenvalue weighted by Crippen LogP contribution is 2.34. The van der Waals surface area contributed by atoms with Gasteiger partial charge in [-0.1, -0.05) is 36.7 Å². The lowest BCUT2D eigenvalue weighted by molar-refractivity contribution is 0.0693. The molecule has 184 valence electrons. The molecule has 1 fully saturated rings. The van der Waals surface area contributed by atoms with Gasteiger partial charge in [-0.05, 0) is 67.3 Å². The summed E-state index contributed by atoms with van der Waals surface area (Å²) >= 11 is 6.14. The number of likely N-dealkylation sites (tertiary alicyclic amines) is 1. The van der Waals surface area contributed by atoms with E-state index in [1.54, 1.807) is 29.2 Å². The van der Waals surface area contributed by atoms with Crippen LogP contribution in [0.3, 0.4) is 0 Å². The smallest absolute Gasteiger partial charge is 0.262 e. The number of sulfonamides is 1. The van der Waals surface area contributed by atoms with E-state index in [2.05, 4.69) is 11.6 Å². The van der Waals surface area contributed by atoms with Gasteiger partial charge in [0.15, 0.2) is 5.75 Å². The van der Waals surface area contributed by atoms with Gasteiger partial charge >= 0.3 is 0 Å². The average molecular weight is 515 g/mol. The topological polar surface area (TPSA) is 84.9 Å². The Morgan fingerprint density at radius 1 is 1.00 bits per heavy atom. The summed E-state index contributed by atoms with van der Waals surface area (Å²) in [4.78, 5) is 14.9. The van der Waals surface area contributed by atoms with Gasteiger partial charge in [0.2, 0.25) is 0 Å². The predicted molar refractivity (Wildman–Crippen MR) is 136 cm³/mol. The van der Waals surface area contributed by atoms with Crippen LogP contribution in [0.4, 0.5) is 5.69 Å². The molecule has 0 saturated carbocycles. The molecular formula is C26H27ClN2O5S. The summed E-state index contributed by atoms with van der Waals surface area (Å²) in [6, 6.07) is 17.9. The van der Waals surface area contributed by atoms with Crippen molar-refractivity contribution in [1.29, 1.82) is 0 Å². The first-order valence-electron chi connectivity index (χ1n) is 11.3. The van der Waals surface area contributed by atoms with Crippen LogP contribution >= 0.6 is 11.6 Å². The normalized spacial score (nSPS) is 14.4. The van der Waals surface area contributed by atoms with Crippen molar-refractivity contribution in [3.05, 3.63) is 77.3 Å². The molecule has 0 unspecified atom stereocenters. The molecule has 0 aliphatic carbocycles. The first kappa shape index (κ1) is 24.9. The summed E-state index contributed by atoms with van der Waals surface area (Å²) in [5.41, 5.74) is 0.381. The number of rotatable bonds is 7. The number of carbonyl (C=O) groups is 1. The van der Waals surface area contributed by atoms with E-state index in [0.29, 0.717) is 35.5 Å². The van der Waals surface area contributed by atoms with E-state index in [1.165, 1.54) is 31.4 Å². The maximum Gasteiger partial charge on any atom is 0.262 e. The molecule has 1 aliphatic heterocycles. The Morgan fingerprint density at radius 3 is 2.37 bits per heavy atom. The minimum Gasteiger partial charge on any atom is -0.496 e. The maximum atomic E-state index is 13.3. The van der Waals surface area contributed by atoms with Gasteiger partial charge in [0, 0.05) is 18.1 Å². The van der Waals surface area contributed by atoms with Gasteiger partial charge in [-0.2, -0.15) is 0 Å². The highest BCUT2D eigenvalue weighted by atomic mass is 35.5. The first-order chi connectivity index (χ1) is 16.8.